The van der Waals surface area contributed by atoms with Crippen LogP contribution in [0.15, 0.2) is 9.41 Å². The molecule has 2 rings (SSSR count). The maximum Gasteiger partial charge on any atom is 0.208 e. The predicted molar refractivity (Wildman–Crippen MR) is 114 cm³/mol. The van der Waals surface area contributed by atoms with Gasteiger partial charge in [-0.1, -0.05) is 0 Å². The minimum Gasteiger partial charge on any atom is -0.444 e. The molecule has 1 aliphatic rings. The second-order valence-electron chi connectivity index (χ2n) is 7.52. The molecule has 1 saturated heterocycles. The standard InChI is InChI=1S/C21H39N5O2/c1-5-22-21(23-11-7-8-14-27-6-2)24-15-19-9-12-26(13-10-19)16-20-25-17(3)18(4)28-20/h19H,5-16H2,1-4H3,(H2,22,23,24). The van der Waals surface area contributed by atoms with Crippen molar-refractivity contribution in [3.8, 4) is 0 Å². The molecule has 0 radical (unpaired) electrons. The molecular formula is C21H39N5O2. The Hall–Kier alpha value is -1.60. The number of nitrogens with one attached hydrogen (secondary N) is 2. The lowest BCUT2D eigenvalue weighted by molar-refractivity contribution is 0.143. The Bertz CT molecular complexity index is 560. The first-order valence-electron chi connectivity index (χ1n) is 10.9. The molecule has 1 fully saturated rings. The topological polar surface area (TPSA) is 74.9 Å². The third kappa shape index (κ3) is 8.19. The number of oxazole rings is 1. The summed E-state index contributed by atoms with van der Waals surface area (Å²) in [5, 5.41) is 6.79. The van der Waals surface area contributed by atoms with Crippen LogP contribution in [0.3, 0.4) is 0 Å². The van der Waals surface area contributed by atoms with Gasteiger partial charge in [-0.05, 0) is 72.4 Å². The fourth-order valence-electron chi connectivity index (χ4n) is 3.37. The number of hydrogen-bond donors (Lipinski definition) is 2. The zero-order valence-electron chi connectivity index (χ0n) is 18.2. The number of hydrogen-bond acceptors (Lipinski definition) is 5. The Morgan fingerprint density at radius 3 is 2.64 bits per heavy atom. The normalized spacial score (nSPS) is 16.5. The number of piperidine rings is 1. The van der Waals surface area contributed by atoms with Gasteiger partial charge in [0.1, 0.15) is 5.76 Å². The van der Waals surface area contributed by atoms with E-state index >= 15 is 0 Å². The number of ether oxygens (including phenoxy) is 1. The minimum absolute atomic E-state index is 0.651. The van der Waals surface area contributed by atoms with Crippen LogP contribution in [0.4, 0.5) is 0 Å². The Balaban J connectivity index is 1.67. The molecule has 1 aliphatic heterocycles. The predicted octanol–water partition coefficient (Wildman–Crippen LogP) is 2.88. The number of likely N-dealkylation sites (tertiary alicyclic amines) is 1. The summed E-state index contributed by atoms with van der Waals surface area (Å²) < 4.78 is 11.1. The average Bonchev–Trinajstić information content (AvgIpc) is 3.00. The summed E-state index contributed by atoms with van der Waals surface area (Å²) in [5.74, 6) is 3.36. The van der Waals surface area contributed by atoms with Crippen molar-refractivity contribution in [2.24, 2.45) is 10.9 Å². The van der Waals surface area contributed by atoms with Crippen molar-refractivity contribution < 1.29 is 9.15 Å². The number of aryl methyl sites for hydroxylation is 2. The fourth-order valence-corrected chi connectivity index (χ4v) is 3.37. The quantitative estimate of drug-likeness (QED) is 0.342. The highest BCUT2D eigenvalue weighted by Crippen LogP contribution is 2.20. The molecular weight excluding hydrogens is 354 g/mol. The van der Waals surface area contributed by atoms with Crippen molar-refractivity contribution in [2.75, 3.05) is 45.9 Å². The average molecular weight is 394 g/mol. The van der Waals surface area contributed by atoms with Crippen LogP contribution in [0.5, 0.6) is 0 Å². The van der Waals surface area contributed by atoms with E-state index in [1.165, 1.54) is 12.8 Å². The smallest absolute Gasteiger partial charge is 0.208 e. The molecule has 0 unspecified atom stereocenters. The first-order valence-corrected chi connectivity index (χ1v) is 10.9. The molecule has 0 spiro atoms. The van der Waals surface area contributed by atoms with E-state index in [0.717, 1.165) is 88.6 Å². The van der Waals surface area contributed by atoms with Crippen molar-refractivity contribution in [1.29, 1.82) is 0 Å². The maximum atomic E-state index is 5.72. The first-order chi connectivity index (χ1) is 13.6. The number of rotatable bonds is 11. The minimum atomic E-state index is 0.651. The molecule has 0 bridgehead atoms. The third-order valence-corrected chi connectivity index (χ3v) is 5.20. The Kier molecular flexibility index (Phi) is 10.4. The van der Waals surface area contributed by atoms with E-state index in [9.17, 15) is 0 Å². The second kappa shape index (κ2) is 12.8. The van der Waals surface area contributed by atoms with Crippen LogP contribution in [-0.4, -0.2) is 61.8 Å². The van der Waals surface area contributed by atoms with Crippen molar-refractivity contribution >= 4 is 5.96 Å². The lowest BCUT2D eigenvalue weighted by Crippen LogP contribution is -2.39. The summed E-state index contributed by atoms with van der Waals surface area (Å²) >= 11 is 0. The van der Waals surface area contributed by atoms with Crippen LogP contribution in [0.25, 0.3) is 0 Å². The van der Waals surface area contributed by atoms with Gasteiger partial charge in [-0.3, -0.25) is 9.89 Å². The molecule has 2 heterocycles. The van der Waals surface area contributed by atoms with Crippen LogP contribution in [-0.2, 0) is 11.3 Å². The lowest BCUT2D eigenvalue weighted by Gasteiger charge is -2.30. The van der Waals surface area contributed by atoms with E-state index in [2.05, 4.69) is 27.4 Å². The highest BCUT2D eigenvalue weighted by atomic mass is 16.5. The largest absolute Gasteiger partial charge is 0.444 e. The summed E-state index contributed by atoms with van der Waals surface area (Å²) in [6.45, 7) is 15.5. The molecule has 0 saturated carbocycles. The van der Waals surface area contributed by atoms with Crippen molar-refractivity contribution in [3.63, 3.8) is 0 Å². The monoisotopic (exact) mass is 393 g/mol. The maximum absolute atomic E-state index is 5.72. The van der Waals surface area contributed by atoms with Gasteiger partial charge in [0, 0.05) is 32.8 Å². The first kappa shape index (κ1) is 22.7. The van der Waals surface area contributed by atoms with E-state index in [-0.39, 0.29) is 0 Å². The number of aromatic nitrogens is 1. The molecule has 1 aromatic rings. The van der Waals surface area contributed by atoms with Gasteiger partial charge < -0.3 is 19.8 Å². The number of aliphatic imine (C=N–C) groups is 1. The van der Waals surface area contributed by atoms with E-state index in [1.54, 1.807) is 0 Å². The van der Waals surface area contributed by atoms with Crippen LogP contribution >= 0.6 is 0 Å². The van der Waals surface area contributed by atoms with Crippen LogP contribution in [0, 0.1) is 19.8 Å². The van der Waals surface area contributed by atoms with Crippen LogP contribution in [0.1, 0.15) is 56.9 Å². The summed E-state index contributed by atoms with van der Waals surface area (Å²) in [6.07, 6.45) is 4.54. The van der Waals surface area contributed by atoms with Crippen molar-refractivity contribution in [3.05, 3.63) is 17.3 Å². The van der Waals surface area contributed by atoms with E-state index in [1.807, 2.05) is 20.8 Å². The SMILES string of the molecule is CCNC(=NCC1CCN(Cc2nc(C)c(C)o2)CC1)NCCCCOCC. The Labute approximate surface area is 170 Å². The lowest BCUT2D eigenvalue weighted by atomic mass is 9.97. The van der Waals surface area contributed by atoms with Crippen molar-refractivity contribution in [2.45, 2.75) is 59.9 Å². The van der Waals surface area contributed by atoms with E-state index < -0.39 is 0 Å². The van der Waals surface area contributed by atoms with Gasteiger partial charge in [0.2, 0.25) is 5.89 Å². The van der Waals surface area contributed by atoms with Gasteiger partial charge in [0.05, 0.1) is 12.2 Å². The summed E-state index contributed by atoms with van der Waals surface area (Å²) in [7, 11) is 0. The third-order valence-electron chi connectivity index (χ3n) is 5.20. The molecule has 0 aromatic carbocycles. The fraction of sp³-hybridized carbons (Fsp3) is 0.810. The Morgan fingerprint density at radius 1 is 1.21 bits per heavy atom. The van der Waals surface area contributed by atoms with Gasteiger partial charge in [-0.25, -0.2) is 4.98 Å². The van der Waals surface area contributed by atoms with E-state index in [0.29, 0.717) is 5.92 Å². The number of nitrogens with zero attached hydrogens (tertiary/aromatic N) is 3. The Morgan fingerprint density at radius 2 is 2.00 bits per heavy atom. The van der Waals surface area contributed by atoms with Gasteiger partial charge >= 0.3 is 0 Å². The highest BCUT2D eigenvalue weighted by molar-refractivity contribution is 5.79. The number of unbranched alkanes of at least 4 members (excludes halogenated alkanes) is 1. The molecule has 7 nitrogen and oxygen atoms in total. The molecule has 160 valence electrons. The molecule has 0 aliphatic carbocycles. The molecule has 0 amide bonds. The molecule has 1 aromatic heterocycles. The van der Waals surface area contributed by atoms with Crippen LogP contribution < -0.4 is 10.6 Å². The summed E-state index contributed by atoms with van der Waals surface area (Å²) in [5.41, 5.74) is 1.00. The molecule has 28 heavy (non-hydrogen) atoms. The molecule has 2 N–H and O–H groups in total. The second-order valence-corrected chi connectivity index (χ2v) is 7.52. The van der Waals surface area contributed by atoms with Gasteiger partial charge in [-0.2, -0.15) is 0 Å². The zero-order valence-corrected chi connectivity index (χ0v) is 18.2. The molecule has 7 heteroatoms. The molecule has 0 atom stereocenters. The highest BCUT2D eigenvalue weighted by Gasteiger charge is 2.20. The summed E-state index contributed by atoms with van der Waals surface area (Å²) in [4.78, 5) is 11.7. The number of guanidine groups is 1. The van der Waals surface area contributed by atoms with Gasteiger partial charge in [-0.15, -0.1) is 0 Å². The zero-order chi connectivity index (χ0) is 20.2. The summed E-state index contributed by atoms with van der Waals surface area (Å²) in [6, 6.07) is 0. The van der Waals surface area contributed by atoms with Crippen molar-refractivity contribution in [1.82, 2.24) is 20.5 Å². The van der Waals surface area contributed by atoms with Crippen LogP contribution in [0.2, 0.25) is 0 Å². The van der Waals surface area contributed by atoms with Gasteiger partial charge in [0.15, 0.2) is 5.96 Å². The van der Waals surface area contributed by atoms with E-state index in [4.69, 9.17) is 14.1 Å². The van der Waals surface area contributed by atoms with Gasteiger partial charge in [0.25, 0.3) is 0 Å².